The lowest BCUT2D eigenvalue weighted by Gasteiger charge is -2.09. The van der Waals surface area contributed by atoms with E-state index in [9.17, 15) is 4.21 Å². The van der Waals surface area contributed by atoms with Crippen LogP contribution in [0.2, 0.25) is 0 Å². The van der Waals surface area contributed by atoms with Gasteiger partial charge in [-0.2, -0.15) is 0 Å². The third-order valence-electron chi connectivity index (χ3n) is 3.74. The topological polar surface area (TPSA) is 66.9 Å². The Balaban J connectivity index is 1.92. The van der Waals surface area contributed by atoms with Crippen LogP contribution in [0.5, 0.6) is 0 Å². The van der Waals surface area contributed by atoms with Gasteiger partial charge < -0.3 is 10.6 Å². The molecule has 1 atom stereocenters. The number of benzene rings is 1. The fourth-order valence-corrected chi connectivity index (χ4v) is 3.53. The van der Waals surface area contributed by atoms with E-state index in [0.717, 1.165) is 53.7 Å². The van der Waals surface area contributed by atoms with E-state index in [1.165, 1.54) is 0 Å². The van der Waals surface area contributed by atoms with E-state index in [2.05, 4.69) is 41.6 Å². The third-order valence-corrected chi connectivity index (χ3v) is 5.20. The molecule has 0 saturated heterocycles. The number of unbranched alkanes of at least 4 members (excludes halogenated alkanes) is 1. The summed E-state index contributed by atoms with van der Waals surface area (Å²) in [6, 6.07) is 12.1. The van der Waals surface area contributed by atoms with E-state index >= 15 is 0 Å². The highest BCUT2D eigenvalue weighted by molar-refractivity contribution is 7.85. The zero-order valence-electron chi connectivity index (χ0n) is 15.3. The van der Waals surface area contributed by atoms with Gasteiger partial charge in [0.2, 0.25) is 0 Å². The second-order valence-corrected chi connectivity index (χ2v) is 7.84. The Morgan fingerprint density at radius 2 is 1.80 bits per heavy atom. The predicted molar refractivity (Wildman–Crippen MR) is 105 cm³/mol. The van der Waals surface area contributed by atoms with Crippen LogP contribution in [-0.2, 0) is 10.8 Å². The lowest BCUT2D eigenvalue weighted by atomic mass is 10.1. The van der Waals surface area contributed by atoms with Gasteiger partial charge in [0.05, 0.1) is 16.5 Å². The maximum Gasteiger partial charge on any atom is 0.148 e. The van der Waals surface area contributed by atoms with E-state index in [1.807, 2.05) is 36.4 Å². The van der Waals surface area contributed by atoms with Gasteiger partial charge in [-0.1, -0.05) is 39.3 Å². The largest absolute Gasteiger partial charge is 0.367 e. The third kappa shape index (κ3) is 6.55. The van der Waals surface area contributed by atoms with Crippen LogP contribution in [0.3, 0.4) is 0 Å². The second kappa shape index (κ2) is 10.3. The molecule has 0 saturated carbocycles. The molecule has 0 aliphatic rings. The molecule has 6 heteroatoms. The summed E-state index contributed by atoms with van der Waals surface area (Å²) < 4.78 is 12.1. The maximum atomic E-state index is 12.1. The molecule has 2 N–H and O–H groups in total. The summed E-state index contributed by atoms with van der Waals surface area (Å²) in [5, 5.41) is 15.1. The Morgan fingerprint density at radius 1 is 1.04 bits per heavy atom. The minimum atomic E-state index is -0.912. The van der Waals surface area contributed by atoms with Crippen molar-refractivity contribution in [2.45, 2.75) is 44.6 Å². The number of anilines is 1. The first-order valence-corrected chi connectivity index (χ1v) is 10.2. The van der Waals surface area contributed by atoms with Crippen molar-refractivity contribution in [1.82, 2.24) is 15.5 Å². The maximum absolute atomic E-state index is 12.1. The van der Waals surface area contributed by atoms with Gasteiger partial charge in [0.25, 0.3) is 0 Å². The van der Waals surface area contributed by atoms with Gasteiger partial charge in [-0.05, 0) is 30.7 Å². The van der Waals surface area contributed by atoms with E-state index < -0.39 is 10.8 Å². The molecule has 0 spiro atoms. The Hall–Kier alpha value is -1.79. The fraction of sp³-hybridized carbons (Fsp3) is 0.474. The van der Waals surface area contributed by atoms with Crippen molar-refractivity contribution in [3.8, 4) is 11.3 Å². The summed E-state index contributed by atoms with van der Waals surface area (Å²) >= 11 is 0. The molecule has 1 heterocycles. The number of nitrogens with zero attached hydrogens (tertiary/aromatic N) is 2. The minimum Gasteiger partial charge on any atom is -0.367 e. The van der Waals surface area contributed by atoms with Crippen molar-refractivity contribution in [3.63, 3.8) is 0 Å². The van der Waals surface area contributed by atoms with Crippen LogP contribution in [0.25, 0.3) is 11.3 Å². The molecular formula is C19H28N4OS. The summed E-state index contributed by atoms with van der Waals surface area (Å²) in [4.78, 5) is 0.876. The van der Waals surface area contributed by atoms with Crippen LogP contribution in [0.1, 0.15) is 33.6 Å². The second-order valence-electron chi connectivity index (χ2n) is 6.27. The van der Waals surface area contributed by atoms with Gasteiger partial charge in [-0.15, -0.1) is 10.2 Å². The minimum absolute atomic E-state index is 0.481. The standard InChI is InChI=1S/C19H28N4OS/c1-4-5-14-25(24)17-8-6-16(7-9-17)18-10-11-19(23-22-18)21-13-12-20-15(2)3/h6-11,15,20H,4-5,12-14H2,1-3H3,(H,21,23). The van der Waals surface area contributed by atoms with Crippen molar-refractivity contribution < 1.29 is 4.21 Å². The first-order chi connectivity index (χ1) is 12.1. The summed E-state index contributed by atoms with van der Waals surface area (Å²) in [5.41, 5.74) is 1.80. The number of hydrogen-bond donors (Lipinski definition) is 2. The lowest BCUT2D eigenvalue weighted by molar-refractivity contribution is 0.602. The Morgan fingerprint density at radius 3 is 2.40 bits per heavy atom. The molecule has 0 aliphatic heterocycles. The van der Waals surface area contributed by atoms with Gasteiger partial charge in [-0.3, -0.25) is 4.21 Å². The average Bonchev–Trinajstić information content (AvgIpc) is 2.64. The van der Waals surface area contributed by atoms with E-state index in [-0.39, 0.29) is 0 Å². The number of rotatable bonds is 10. The van der Waals surface area contributed by atoms with Crippen molar-refractivity contribution in [1.29, 1.82) is 0 Å². The van der Waals surface area contributed by atoms with Crippen molar-refractivity contribution >= 4 is 16.6 Å². The van der Waals surface area contributed by atoms with Crippen LogP contribution >= 0.6 is 0 Å². The molecule has 0 amide bonds. The zero-order valence-corrected chi connectivity index (χ0v) is 16.1. The van der Waals surface area contributed by atoms with E-state index in [1.54, 1.807) is 0 Å². The molecule has 2 rings (SSSR count). The molecule has 0 bridgehead atoms. The normalized spacial score (nSPS) is 12.3. The van der Waals surface area contributed by atoms with Crippen LogP contribution in [0, 0.1) is 0 Å². The van der Waals surface area contributed by atoms with Crippen LogP contribution < -0.4 is 10.6 Å². The SMILES string of the molecule is CCCCS(=O)c1ccc(-c2ccc(NCCNC(C)C)nn2)cc1. The Kier molecular flexibility index (Phi) is 8.01. The molecule has 0 fully saturated rings. The fourth-order valence-electron chi connectivity index (χ4n) is 2.30. The molecule has 2 aromatic rings. The zero-order chi connectivity index (χ0) is 18.1. The molecule has 136 valence electrons. The highest BCUT2D eigenvalue weighted by Gasteiger charge is 2.05. The first-order valence-electron chi connectivity index (χ1n) is 8.90. The molecule has 0 aliphatic carbocycles. The van der Waals surface area contributed by atoms with E-state index in [4.69, 9.17) is 0 Å². The summed E-state index contributed by atoms with van der Waals surface area (Å²) in [6.45, 7) is 8.05. The number of aromatic nitrogens is 2. The van der Waals surface area contributed by atoms with Crippen LogP contribution in [-0.4, -0.2) is 39.3 Å². The molecule has 5 nitrogen and oxygen atoms in total. The quantitative estimate of drug-likeness (QED) is 0.635. The first kappa shape index (κ1) is 19.5. The van der Waals surface area contributed by atoms with Gasteiger partial charge in [0.15, 0.2) is 0 Å². The van der Waals surface area contributed by atoms with Crippen LogP contribution in [0.4, 0.5) is 5.82 Å². The van der Waals surface area contributed by atoms with Crippen molar-refractivity contribution in [2.75, 3.05) is 24.2 Å². The van der Waals surface area contributed by atoms with Crippen molar-refractivity contribution in [3.05, 3.63) is 36.4 Å². The van der Waals surface area contributed by atoms with Gasteiger partial charge >= 0.3 is 0 Å². The summed E-state index contributed by atoms with van der Waals surface area (Å²) in [6.07, 6.45) is 2.05. The average molecular weight is 361 g/mol. The van der Waals surface area contributed by atoms with Crippen molar-refractivity contribution in [2.24, 2.45) is 0 Å². The summed E-state index contributed by atoms with van der Waals surface area (Å²) in [7, 11) is -0.912. The Labute approximate surface area is 153 Å². The molecule has 1 aromatic carbocycles. The molecule has 25 heavy (non-hydrogen) atoms. The summed E-state index contributed by atoms with van der Waals surface area (Å²) in [5.74, 6) is 1.49. The Bertz CT molecular complexity index is 656. The number of nitrogens with one attached hydrogen (secondary N) is 2. The molecule has 1 aromatic heterocycles. The molecule has 1 unspecified atom stereocenters. The van der Waals surface area contributed by atoms with Gasteiger partial charge in [0.1, 0.15) is 5.82 Å². The van der Waals surface area contributed by atoms with Gasteiger partial charge in [-0.25, -0.2) is 0 Å². The number of hydrogen-bond acceptors (Lipinski definition) is 5. The highest BCUT2D eigenvalue weighted by Crippen LogP contribution is 2.19. The van der Waals surface area contributed by atoms with Gasteiger partial charge in [0, 0.05) is 35.3 Å². The molecular weight excluding hydrogens is 332 g/mol. The lowest BCUT2D eigenvalue weighted by Crippen LogP contribution is -2.28. The highest BCUT2D eigenvalue weighted by atomic mass is 32.2. The predicted octanol–water partition coefficient (Wildman–Crippen LogP) is 3.46. The molecule has 0 radical (unpaired) electrons. The van der Waals surface area contributed by atoms with Crippen LogP contribution in [0.15, 0.2) is 41.3 Å². The monoisotopic (exact) mass is 360 g/mol. The van der Waals surface area contributed by atoms with E-state index in [0.29, 0.717) is 6.04 Å². The smallest absolute Gasteiger partial charge is 0.148 e.